The quantitative estimate of drug-likeness (QED) is 0.280. The van der Waals surface area contributed by atoms with E-state index in [2.05, 4.69) is 5.32 Å². The fourth-order valence-electron chi connectivity index (χ4n) is 3.58. The fraction of sp³-hybridized carbons (Fsp3) is 0.179. The summed E-state index contributed by atoms with van der Waals surface area (Å²) in [7, 11) is 0. The first-order valence-electron chi connectivity index (χ1n) is 11.7. The monoisotopic (exact) mass is 570 g/mol. The molecule has 3 aromatic carbocycles. The Morgan fingerprint density at radius 1 is 1.00 bits per heavy atom. The molecule has 0 aromatic heterocycles. The van der Waals surface area contributed by atoms with Crippen LogP contribution in [0.1, 0.15) is 23.6 Å². The highest BCUT2D eigenvalue weighted by Gasteiger charge is 2.36. The summed E-state index contributed by atoms with van der Waals surface area (Å²) in [5.41, 5.74) is 2.83. The molecule has 0 bridgehead atoms. The summed E-state index contributed by atoms with van der Waals surface area (Å²) in [6, 6.07) is 17.7. The van der Waals surface area contributed by atoms with Gasteiger partial charge in [0.1, 0.15) is 13.2 Å². The first-order chi connectivity index (χ1) is 18.2. The maximum atomic E-state index is 12.9. The maximum absolute atomic E-state index is 12.9. The van der Waals surface area contributed by atoms with Crippen LogP contribution in [0, 0.1) is 6.92 Å². The summed E-state index contributed by atoms with van der Waals surface area (Å²) in [4.78, 5) is 39.0. The van der Waals surface area contributed by atoms with Crippen LogP contribution in [0.25, 0.3) is 6.08 Å². The molecule has 4 rings (SSSR count). The lowest BCUT2D eigenvalue weighted by Gasteiger charge is -2.14. The second-order valence-corrected chi connectivity index (χ2v) is 10.1. The zero-order valence-electron chi connectivity index (χ0n) is 20.6. The Balaban J connectivity index is 1.45. The first kappa shape index (κ1) is 27.6. The largest absolute Gasteiger partial charge is 0.490 e. The van der Waals surface area contributed by atoms with E-state index in [-0.39, 0.29) is 11.5 Å². The van der Waals surface area contributed by atoms with Gasteiger partial charge in [-0.1, -0.05) is 53.5 Å². The number of nitrogens with one attached hydrogen (secondary N) is 1. The van der Waals surface area contributed by atoms with Crippen molar-refractivity contribution in [2.75, 3.05) is 18.5 Å². The van der Waals surface area contributed by atoms with Crippen molar-refractivity contribution < 1.29 is 23.9 Å². The van der Waals surface area contributed by atoms with Crippen LogP contribution in [0.3, 0.4) is 0 Å². The number of thioether (sulfide) groups is 1. The predicted molar refractivity (Wildman–Crippen MR) is 151 cm³/mol. The third-order valence-corrected chi connectivity index (χ3v) is 7.22. The van der Waals surface area contributed by atoms with E-state index in [1.54, 1.807) is 48.5 Å². The maximum Gasteiger partial charge on any atom is 0.294 e. The number of ether oxygens (including phenoxy) is 2. The van der Waals surface area contributed by atoms with Crippen molar-refractivity contribution in [1.29, 1.82) is 0 Å². The molecule has 38 heavy (non-hydrogen) atoms. The third kappa shape index (κ3) is 6.69. The molecule has 10 heteroatoms. The predicted octanol–water partition coefficient (Wildman–Crippen LogP) is 6.95. The van der Waals surface area contributed by atoms with Crippen molar-refractivity contribution in [1.82, 2.24) is 4.90 Å². The molecule has 0 radical (unpaired) electrons. The van der Waals surface area contributed by atoms with Gasteiger partial charge in [-0.15, -0.1) is 0 Å². The van der Waals surface area contributed by atoms with E-state index in [9.17, 15) is 14.4 Å². The lowest BCUT2D eigenvalue weighted by molar-refractivity contribution is -0.127. The average molecular weight is 571 g/mol. The molecule has 0 unspecified atom stereocenters. The highest BCUT2D eigenvalue weighted by molar-refractivity contribution is 8.18. The molecule has 1 saturated heterocycles. The van der Waals surface area contributed by atoms with Crippen LogP contribution in [0.15, 0.2) is 65.6 Å². The Morgan fingerprint density at radius 3 is 2.53 bits per heavy atom. The van der Waals surface area contributed by atoms with Crippen LogP contribution in [0.4, 0.5) is 10.5 Å². The number of benzene rings is 3. The van der Waals surface area contributed by atoms with Gasteiger partial charge in [0.15, 0.2) is 11.5 Å². The summed E-state index contributed by atoms with van der Waals surface area (Å²) < 4.78 is 11.7. The number of nitrogens with zero attached hydrogens (tertiary/aromatic N) is 1. The summed E-state index contributed by atoms with van der Waals surface area (Å²) >= 11 is 13.1. The molecule has 0 spiro atoms. The van der Waals surface area contributed by atoms with Crippen LogP contribution < -0.4 is 14.8 Å². The van der Waals surface area contributed by atoms with Crippen molar-refractivity contribution in [3.05, 3.63) is 92.3 Å². The molecular weight excluding hydrogens is 547 g/mol. The van der Waals surface area contributed by atoms with Crippen LogP contribution >= 0.6 is 35.0 Å². The summed E-state index contributed by atoms with van der Waals surface area (Å²) in [5.74, 6) is -0.0465. The molecule has 1 heterocycles. The smallest absolute Gasteiger partial charge is 0.294 e. The Bertz CT molecular complexity index is 1430. The zero-order chi connectivity index (χ0) is 27.2. The van der Waals surface area contributed by atoms with Gasteiger partial charge in [-0.25, -0.2) is 0 Å². The molecule has 196 valence electrons. The van der Waals surface area contributed by atoms with Gasteiger partial charge in [0.05, 0.1) is 11.5 Å². The van der Waals surface area contributed by atoms with Crippen LogP contribution in [0.2, 0.25) is 10.0 Å². The summed E-state index contributed by atoms with van der Waals surface area (Å²) in [6.07, 6.45) is 1.59. The summed E-state index contributed by atoms with van der Waals surface area (Å²) in [5, 5.41) is 3.24. The average Bonchev–Trinajstić information content (AvgIpc) is 3.14. The number of carbonyl (C=O) groups is 3. The first-order valence-corrected chi connectivity index (χ1v) is 13.3. The van der Waals surface area contributed by atoms with Crippen molar-refractivity contribution in [3.63, 3.8) is 0 Å². The van der Waals surface area contributed by atoms with E-state index in [1.165, 1.54) is 0 Å². The molecule has 0 aliphatic carbocycles. The van der Waals surface area contributed by atoms with Gasteiger partial charge < -0.3 is 14.8 Å². The topological polar surface area (TPSA) is 84.9 Å². The van der Waals surface area contributed by atoms with Crippen LogP contribution in [-0.2, 0) is 16.2 Å². The zero-order valence-corrected chi connectivity index (χ0v) is 23.0. The molecule has 3 amide bonds. The standard InChI is InChI=1S/C28H24Cl2N2O5S/c1-3-36-24-12-18(9-11-23(24)37-16-19-6-4-5-7-21(19)29)13-25-27(34)32(28(35)38-25)15-26(33)31-20-10-8-17(2)22(30)14-20/h4-14H,3,15-16H2,1-2H3,(H,31,33)/b25-13+. The second-order valence-electron chi connectivity index (χ2n) is 8.30. The van der Waals surface area contributed by atoms with Crippen molar-refractivity contribution in [3.8, 4) is 11.5 Å². The van der Waals surface area contributed by atoms with E-state index in [1.807, 2.05) is 32.0 Å². The number of halogens is 2. The third-order valence-electron chi connectivity index (χ3n) is 5.54. The van der Waals surface area contributed by atoms with E-state index < -0.39 is 23.6 Å². The lowest BCUT2D eigenvalue weighted by Crippen LogP contribution is -2.36. The van der Waals surface area contributed by atoms with Crippen molar-refractivity contribution >= 4 is 63.8 Å². The molecule has 1 N–H and O–H groups in total. The van der Waals surface area contributed by atoms with Gasteiger partial charge in [-0.2, -0.15) is 0 Å². The number of aryl methyl sites for hydroxylation is 1. The van der Waals surface area contributed by atoms with E-state index in [4.69, 9.17) is 32.7 Å². The summed E-state index contributed by atoms with van der Waals surface area (Å²) in [6.45, 7) is 3.95. The molecule has 3 aromatic rings. The number of rotatable bonds is 9. The molecule has 1 fully saturated rings. The molecule has 7 nitrogen and oxygen atoms in total. The number of hydrogen-bond acceptors (Lipinski definition) is 6. The Labute approximate surface area is 234 Å². The number of imide groups is 1. The molecule has 0 atom stereocenters. The van der Waals surface area contributed by atoms with Crippen LogP contribution in [-0.4, -0.2) is 35.1 Å². The van der Waals surface area contributed by atoms with Gasteiger partial charge >= 0.3 is 0 Å². The second kappa shape index (κ2) is 12.4. The normalized spacial score (nSPS) is 14.2. The van der Waals surface area contributed by atoms with Gasteiger partial charge in [0.25, 0.3) is 11.1 Å². The van der Waals surface area contributed by atoms with Crippen molar-refractivity contribution in [2.45, 2.75) is 20.5 Å². The van der Waals surface area contributed by atoms with E-state index >= 15 is 0 Å². The van der Waals surface area contributed by atoms with E-state index in [0.29, 0.717) is 39.4 Å². The highest BCUT2D eigenvalue weighted by atomic mass is 35.5. The highest BCUT2D eigenvalue weighted by Crippen LogP contribution is 2.35. The number of amides is 3. The fourth-order valence-corrected chi connectivity index (χ4v) is 4.78. The van der Waals surface area contributed by atoms with Gasteiger partial charge in [0.2, 0.25) is 5.91 Å². The molecule has 1 aliphatic heterocycles. The minimum absolute atomic E-state index is 0.202. The Kier molecular flexibility index (Phi) is 8.99. The molecular formula is C28H24Cl2N2O5S. The van der Waals surface area contributed by atoms with E-state index in [0.717, 1.165) is 27.8 Å². The van der Waals surface area contributed by atoms with Gasteiger partial charge in [-0.05, 0) is 73.1 Å². The van der Waals surface area contributed by atoms with Crippen molar-refractivity contribution in [2.24, 2.45) is 0 Å². The van der Waals surface area contributed by atoms with Gasteiger partial charge in [-0.3, -0.25) is 19.3 Å². The molecule has 1 aliphatic rings. The number of hydrogen-bond donors (Lipinski definition) is 1. The Hall–Kier alpha value is -3.46. The number of anilines is 1. The van der Waals surface area contributed by atoms with Gasteiger partial charge in [0, 0.05) is 21.3 Å². The minimum Gasteiger partial charge on any atom is -0.490 e. The van der Waals surface area contributed by atoms with Crippen LogP contribution in [0.5, 0.6) is 11.5 Å². The number of carbonyl (C=O) groups excluding carboxylic acids is 3. The lowest BCUT2D eigenvalue weighted by atomic mass is 10.1. The molecule has 0 saturated carbocycles. The SMILES string of the molecule is CCOc1cc(/C=C2/SC(=O)N(CC(=O)Nc3ccc(C)c(Cl)c3)C2=O)ccc1OCc1ccccc1Cl. The minimum atomic E-state index is -0.547. The Morgan fingerprint density at radius 2 is 1.79 bits per heavy atom.